The standard InChI is InChI=1S/C15H21N3O2S/c16-14(20)13-11-5-6-18(7-10-3-1-2-4-10)8-12(11)21-15(13)17-9-19/h9-10H,1-8H2,(H2,16,20)(H,17,19). The Bertz CT molecular complexity index is 549. The summed E-state index contributed by atoms with van der Waals surface area (Å²) in [6.07, 6.45) is 6.87. The minimum absolute atomic E-state index is 0.443. The van der Waals surface area contributed by atoms with Gasteiger partial charge in [0.15, 0.2) is 0 Å². The van der Waals surface area contributed by atoms with E-state index in [1.54, 1.807) is 0 Å². The number of nitrogens with two attached hydrogens (primary N) is 1. The first-order valence-corrected chi connectivity index (χ1v) is 8.37. The highest BCUT2D eigenvalue weighted by atomic mass is 32.1. The number of nitrogens with one attached hydrogen (secondary N) is 1. The summed E-state index contributed by atoms with van der Waals surface area (Å²) in [5.41, 5.74) is 7.04. The molecule has 1 aliphatic carbocycles. The normalized spacial score (nSPS) is 19.4. The number of hydrogen-bond acceptors (Lipinski definition) is 4. The van der Waals surface area contributed by atoms with Gasteiger partial charge >= 0.3 is 0 Å². The van der Waals surface area contributed by atoms with Gasteiger partial charge in [-0.05, 0) is 30.7 Å². The van der Waals surface area contributed by atoms with E-state index < -0.39 is 5.91 Å². The first kappa shape index (κ1) is 14.5. The van der Waals surface area contributed by atoms with E-state index in [0.717, 1.165) is 37.5 Å². The number of rotatable bonds is 5. The van der Waals surface area contributed by atoms with E-state index in [0.29, 0.717) is 17.0 Å². The molecule has 3 rings (SSSR count). The highest BCUT2D eigenvalue weighted by molar-refractivity contribution is 7.16. The maximum Gasteiger partial charge on any atom is 0.251 e. The molecule has 5 nitrogen and oxygen atoms in total. The van der Waals surface area contributed by atoms with Crippen molar-refractivity contribution in [3.8, 4) is 0 Å². The van der Waals surface area contributed by atoms with Gasteiger partial charge < -0.3 is 11.1 Å². The van der Waals surface area contributed by atoms with Crippen LogP contribution < -0.4 is 11.1 Å². The molecule has 0 radical (unpaired) electrons. The smallest absolute Gasteiger partial charge is 0.251 e. The summed E-state index contributed by atoms with van der Waals surface area (Å²) in [5.74, 6) is 0.385. The van der Waals surface area contributed by atoms with Crippen molar-refractivity contribution in [2.24, 2.45) is 11.7 Å². The first-order valence-electron chi connectivity index (χ1n) is 7.56. The van der Waals surface area contributed by atoms with Crippen LogP contribution in [-0.4, -0.2) is 30.3 Å². The Morgan fingerprint density at radius 1 is 1.43 bits per heavy atom. The number of thiophene rings is 1. The number of primary amides is 1. The van der Waals surface area contributed by atoms with Crippen molar-refractivity contribution in [2.75, 3.05) is 18.4 Å². The highest BCUT2D eigenvalue weighted by Gasteiger charge is 2.28. The third-order valence-electron chi connectivity index (χ3n) is 4.56. The predicted octanol–water partition coefficient (Wildman–Crippen LogP) is 1.96. The summed E-state index contributed by atoms with van der Waals surface area (Å²) >= 11 is 1.49. The van der Waals surface area contributed by atoms with Crippen LogP contribution in [0.2, 0.25) is 0 Å². The molecule has 0 saturated heterocycles. The zero-order valence-corrected chi connectivity index (χ0v) is 12.9. The fourth-order valence-electron chi connectivity index (χ4n) is 3.59. The molecule has 0 spiro atoms. The van der Waals surface area contributed by atoms with Gasteiger partial charge in [0.1, 0.15) is 5.00 Å². The maximum absolute atomic E-state index is 11.6. The number of fused-ring (bicyclic) bond motifs is 1. The molecule has 3 N–H and O–H groups in total. The number of amides is 2. The summed E-state index contributed by atoms with van der Waals surface area (Å²) in [7, 11) is 0. The molecule has 1 aromatic rings. The molecular weight excluding hydrogens is 286 g/mol. The van der Waals surface area contributed by atoms with Crippen LogP contribution in [0.5, 0.6) is 0 Å². The van der Waals surface area contributed by atoms with E-state index in [9.17, 15) is 9.59 Å². The lowest BCUT2D eigenvalue weighted by Crippen LogP contribution is -2.34. The molecule has 2 amide bonds. The van der Waals surface area contributed by atoms with Gasteiger partial charge in [-0.3, -0.25) is 14.5 Å². The Kier molecular flexibility index (Phi) is 4.26. The zero-order valence-electron chi connectivity index (χ0n) is 12.1. The average Bonchev–Trinajstić information content (AvgIpc) is 3.05. The monoisotopic (exact) mass is 307 g/mol. The second kappa shape index (κ2) is 6.15. The van der Waals surface area contributed by atoms with Crippen molar-refractivity contribution >= 4 is 28.7 Å². The molecule has 0 unspecified atom stereocenters. The van der Waals surface area contributed by atoms with E-state index in [2.05, 4.69) is 10.2 Å². The third-order valence-corrected chi connectivity index (χ3v) is 5.71. The number of nitrogens with zero attached hydrogens (tertiary/aromatic N) is 1. The van der Waals surface area contributed by atoms with Gasteiger partial charge in [-0.1, -0.05) is 12.8 Å². The minimum Gasteiger partial charge on any atom is -0.365 e. The lowest BCUT2D eigenvalue weighted by atomic mass is 10.0. The summed E-state index contributed by atoms with van der Waals surface area (Å²) in [6.45, 7) is 3.00. The zero-order chi connectivity index (χ0) is 14.8. The van der Waals surface area contributed by atoms with Crippen molar-refractivity contribution in [3.63, 3.8) is 0 Å². The van der Waals surface area contributed by atoms with Crippen molar-refractivity contribution in [2.45, 2.75) is 38.6 Å². The SMILES string of the molecule is NC(=O)c1c(NC=O)sc2c1CCN(CC1CCCC1)C2. The van der Waals surface area contributed by atoms with Gasteiger partial charge in [-0.25, -0.2) is 0 Å². The van der Waals surface area contributed by atoms with E-state index in [1.807, 2.05) is 0 Å². The second-order valence-electron chi connectivity index (χ2n) is 5.97. The quantitative estimate of drug-likeness (QED) is 0.817. The molecule has 0 aromatic carbocycles. The Morgan fingerprint density at radius 2 is 2.19 bits per heavy atom. The van der Waals surface area contributed by atoms with Gasteiger partial charge in [0.05, 0.1) is 5.56 Å². The van der Waals surface area contributed by atoms with E-state index in [1.165, 1.54) is 41.9 Å². The van der Waals surface area contributed by atoms with Crippen LogP contribution in [-0.2, 0) is 17.8 Å². The molecule has 0 atom stereocenters. The molecule has 2 heterocycles. The number of hydrogen-bond donors (Lipinski definition) is 2. The fraction of sp³-hybridized carbons (Fsp3) is 0.600. The summed E-state index contributed by atoms with van der Waals surface area (Å²) < 4.78 is 0. The molecular formula is C15H21N3O2S. The van der Waals surface area contributed by atoms with Crippen LogP contribution in [0, 0.1) is 5.92 Å². The van der Waals surface area contributed by atoms with E-state index in [4.69, 9.17) is 5.73 Å². The molecule has 6 heteroatoms. The average molecular weight is 307 g/mol. The van der Waals surface area contributed by atoms with Crippen LogP contribution in [0.3, 0.4) is 0 Å². The van der Waals surface area contributed by atoms with Crippen molar-refractivity contribution in [1.82, 2.24) is 4.90 Å². The molecule has 114 valence electrons. The fourth-order valence-corrected chi connectivity index (χ4v) is 4.84. The highest BCUT2D eigenvalue weighted by Crippen LogP contribution is 2.37. The number of anilines is 1. The Morgan fingerprint density at radius 3 is 2.86 bits per heavy atom. The first-order chi connectivity index (χ1) is 10.2. The molecule has 1 aromatic heterocycles. The Balaban J connectivity index is 1.77. The van der Waals surface area contributed by atoms with Gasteiger partial charge in [-0.2, -0.15) is 0 Å². The Hall–Kier alpha value is -1.40. The minimum atomic E-state index is -0.443. The largest absolute Gasteiger partial charge is 0.365 e. The second-order valence-corrected chi connectivity index (χ2v) is 7.08. The van der Waals surface area contributed by atoms with Crippen LogP contribution in [0.4, 0.5) is 5.00 Å². The van der Waals surface area contributed by atoms with Crippen LogP contribution in [0.15, 0.2) is 0 Å². The van der Waals surface area contributed by atoms with Gasteiger partial charge in [0.2, 0.25) is 6.41 Å². The summed E-state index contributed by atoms with van der Waals surface area (Å²) in [4.78, 5) is 26.0. The number of carbonyl (C=O) groups excluding carboxylic acids is 2. The Labute approximate surface area is 128 Å². The lowest BCUT2D eigenvalue weighted by Gasteiger charge is -2.29. The maximum atomic E-state index is 11.6. The molecule has 0 bridgehead atoms. The van der Waals surface area contributed by atoms with E-state index >= 15 is 0 Å². The topological polar surface area (TPSA) is 75.4 Å². The molecule has 21 heavy (non-hydrogen) atoms. The number of carbonyl (C=O) groups is 2. The van der Waals surface area contributed by atoms with Crippen LogP contribution in [0.1, 0.15) is 46.5 Å². The van der Waals surface area contributed by atoms with Gasteiger partial charge in [-0.15, -0.1) is 11.3 Å². The van der Waals surface area contributed by atoms with Crippen molar-refractivity contribution in [1.29, 1.82) is 0 Å². The molecule has 1 aliphatic heterocycles. The summed E-state index contributed by atoms with van der Waals surface area (Å²) in [6, 6.07) is 0. The van der Waals surface area contributed by atoms with Crippen LogP contribution >= 0.6 is 11.3 Å². The van der Waals surface area contributed by atoms with Gasteiger partial charge in [0, 0.05) is 24.5 Å². The lowest BCUT2D eigenvalue weighted by molar-refractivity contribution is -0.105. The van der Waals surface area contributed by atoms with Crippen molar-refractivity contribution in [3.05, 3.63) is 16.0 Å². The van der Waals surface area contributed by atoms with E-state index in [-0.39, 0.29) is 0 Å². The third kappa shape index (κ3) is 2.96. The summed E-state index contributed by atoms with van der Waals surface area (Å²) in [5, 5.41) is 3.22. The van der Waals surface area contributed by atoms with Crippen LogP contribution in [0.25, 0.3) is 0 Å². The molecule has 1 fully saturated rings. The predicted molar refractivity (Wildman–Crippen MR) is 83.5 cm³/mol. The van der Waals surface area contributed by atoms with Gasteiger partial charge in [0.25, 0.3) is 5.91 Å². The van der Waals surface area contributed by atoms with Crippen molar-refractivity contribution < 1.29 is 9.59 Å². The molecule has 2 aliphatic rings. The molecule has 1 saturated carbocycles.